The summed E-state index contributed by atoms with van der Waals surface area (Å²) in [5, 5.41) is 9.30. The van der Waals surface area contributed by atoms with E-state index in [9.17, 15) is 5.11 Å². The van der Waals surface area contributed by atoms with Crippen LogP contribution in [0.15, 0.2) is 24.4 Å². The largest absolute Gasteiger partial charge is 0.393 e. The lowest BCUT2D eigenvalue weighted by molar-refractivity contribution is 0.130. The fourth-order valence-corrected chi connectivity index (χ4v) is 1.58. The van der Waals surface area contributed by atoms with E-state index in [1.165, 1.54) is 0 Å². The van der Waals surface area contributed by atoms with Crippen molar-refractivity contribution < 1.29 is 5.11 Å². The van der Waals surface area contributed by atoms with Crippen molar-refractivity contribution in [1.29, 1.82) is 0 Å². The highest BCUT2D eigenvalue weighted by atomic mass is 16.3. The van der Waals surface area contributed by atoms with Crippen LogP contribution < -0.4 is 0 Å². The van der Waals surface area contributed by atoms with E-state index >= 15 is 0 Å². The zero-order valence-electron chi connectivity index (χ0n) is 9.72. The summed E-state index contributed by atoms with van der Waals surface area (Å²) in [6.45, 7) is 4.77. The average molecular weight is 208 g/mol. The van der Waals surface area contributed by atoms with Gasteiger partial charge < -0.3 is 5.11 Å². The monoisotopic (exact) mass is 208 g/mol. The second-order valence-corrected chi connectivity index (χ2v) is 4.17. The van der Waals surface area contributed by atoms with Gasteiger partial charge in [-0.1, -0.05) is 6.07 Å². The first kappa shape index (κ1) is 12.1. The summed E-state index contributed by atoms with van der Waals surface area (Å²) in [5.41, 5.74) is 1.07. The van der Waals surface area contributed by atoms with Gasteiger partial charge in [0.05, 0.1) is 11.8 Å². The van der Waals surface area contributed by atoms with Crippen LogP contribution in [0.3, 0.4) is 0 Å². The normalized spacial score (nSPS) is 15.3. The molecule has 2 unspecified atom stereocenters. The quantitative estimate of drug-likeness (QED) is 0.799. The summed E-state index contributed by atoms with van der Waals surface area (Å²) >= 11 is 0. The fraction of sp³-hybridized carbons (Fsp3) is 0.583. The van der Waals surface area contributed by atoms with E-state index in [0.29, 0.717) is 6.04 Å². The summed E-state index contributed by atoms with van der Waals surface area (Å²) in [7, 11) is 2.06. The molecule has 3 nitrogen and oxygen atoms in total. The van der Waals surface area contributed by atoms with Crippen molar-refractivity contribution in [2.24, 2.45) is 0 Å². The van der Waals surface area contributed by atoms with Crippen LogP contribution in [0.2, 0.25) is 0 Å². The Morgan fingerprint density at radius 1 is 1.40 bits per heavy atom. The van der Waals surface area contributed by atoms with Gasteiger partial charge in [0.15, 0.2) is 0 Å². The lowest BCUT2D eigenvalue weighted by atomic mass is 10.1. The van der Waals surface area contributed by atoms with Gasteiger partial charge in [0.1, 0.15) is 0 Å². The number of nitrogens with zero attached hydrogens (tertiary/aromatic N) is 2. The third kappa shape index (κ3) is 4.40. The molecular weight excluding hydrogens is 188 g/mol. The average Bonchev–Trinajstić information content (AvgIpc) is 2.18. The molecule has 1 aromatic heterocycles. The summed E-state index contributed by atoms with van der Waals surface area (Å²) in [4.78, 5) is 6.48. The Kier molecular flexibility index (Phi) is 4.72. The molecule has 2 atom stereocenters. The molecule has 0 fully saturated rings. The van der Waals surface area contributed by atoms with E-state index in [2.05, 4.69) is 23.9 Å². The van der Waals surface area contributed by atoms with Gasteiger partial charge in [-0.3, -0.25) is 9.88 Å². The molecule has 0 aliphatic heterocycles. The minimum atomic E-state index is -0.244. The molecule has 0 aliphatic rings. The minimum absolute atomic E-state index is 0.244. The molecule has 1 N–H and O–H groups in total. The van der Waals surface area contributed by atoms with Gasteiger partial charge in [0.2, 0.25) is 0 Å². The standard InChI is InChI=1S/C12H20N2O/c1-10(8-11(2)15)14(3)9-12-6-4-5-7-13-12/h4-7,10-11,15H,8-9H2,1-3H3. The molecule has 1 aromatic rings. The van der Waals surface area contributed by atoms with Gasteiger partial charge in [-0.2, -0.15) is 0 Å². The summed E-state index contributed by atoms with van der Waals surface area (Å²) in [6, 6.07) is 6.30. The Balaban J connectivity index is 2.45. The smallest absolute Gasteiger partial charge is 0.0543 e. The van der Waals surface area contributed by atoms with Crippen molar-refractivity contribution in [1.82, 2.24) is 9.88 Å². The summed E-state index contributed by atoms with van der Waals surface area (Å²) in [6.07, 6.45) is 2.36. The van der Waals surface area contributed by atoms with Crippen molar-refractivity contribution in [2.75, 3.05) is 7.05 Å². The zero-order chi connectivity index (χ0) is 11.3. The van der Waals surface area contributed by atoms with Crippen LogP contribution in [0.1, 0.15) is 26.0 Å². The van der Waals surface area contributed by atoms with Gasteiger partial charge in [0.25, 0.3) is 0 Å². The molecule has 0 aromatic carbocycles. The molecule has 0 amide bonds. The second-order valence-electron chi connectivity index (χ2n) is 4.17. The van der Waals surface area contributed by atoms with Crippen LogP contribution in [-0.4, -0.2) is 34.2 Å². The summed E-state index contributed by atoms with van der Waals surface area (Å²) < 4.78 is 0. The predicted octanol–water partition coefficient (Wildman–Crippen LogP) is 1.67. The molecule has 0 radical (unpaired) electrons. The van der Waals surface area contributed by atoms with E-state index in [-0.39, 0.29) is 6.10 Å². The van der Waals surface area contributed by atoms with Gasteiger partial charge in [-0.05, 0) is 39.4 Å². The number of aliphatic hydroxyl groups excluding tert-OH is 1. The van der Waals surface area contributed by atoms with Gasteiger partial charge in [-0.15, -0.1) is 0 Å². The van der Waals surface area contributed by atoms with Crippen molar-refractivity contribution in [3.05, 3.63) is 30.1 Å². The van der Waals surface area contributed by atoms with E-state index in [1.807, 2.05) is 31.3 Å². The van der Waals surface area contributed by atoms with Crippen LogP contribution in [-0.2, 0) is 6.54 Å². The van der Waals surface area contributed by atoms with E-state index in [4.69, 9.17) is 0 Å². The lowest BCUT2D eigenvalue weighted by Gasteiger charge is -2.25. The van der Waals surface area contributed by atoms with Crippen molar-refractivity contribution in [3.63, 3.8) is 0 Å². The van der Waals surface area contributed by atoms with Crippen LogP contribution in [0.4, 0.5) is 0 Å². The fourth-order valence-electron chi connectivity index (χ4n) is 1.58. The van der Waals surface area contributed by atoms with Crippen LogP contribution >= 0.6 is 0 Å². The first-order chi connectivity index (χ1) is 7.09. The Morgan fingerprint density at radius 3 is 2.67 bits per heavy atom. The molecule has 0 bridgehead atoms. The maximum atomic E-state index is 9.30. The lowest BCUT2D eigenvalue weighted by Crippen LogP contribution is -2.31. The Hall–Kier alpha value is -0.930. The number of aliphatic hydroxyl groups is 1. The number of aromatic nitrogens is 1. The third-order valence-electron chi connectivity index (χ3n) is 2.57. The predicted molar refractivity (Wildman–Crippen MR) is 61.5 cm³/mol. The van der Waals surface area contributed by atoms with Crippen molar-refractivity contribution in [3.8, 4) is 0 Å². The number of hydrogen-bond donors (Lipinski definition) is 1. The maximum absolute atomic E-state index is 9.30. The molecule has 1 heterocycles. The molecule has 0 saturated heterocycles. The number of pyridine rings is 1. The molecule has 0 saturated carbocycles. The van der Waals surface area contributed by atoms with Crippen molar-refractivity contribution in [2.45, 2.75) is 39.0 Å². The number of rotatable bonds is 5. The minimum Gasteiger partial charge on any atom is -0.393 e. The molecular formula is C12H20N2O. The molecule has 1 rings (SSSR count). The SMILES string of the molecule is CC(O)CC(C)N(C)Cc1ccccn1. The molecule has 15 heavy (non-hydrogen) atoms. The van der Waals surface area contributed by atoms with Gasteiger partial charge in [0, 0.05) is 18.8 Å². The first-order valence-corrected chi connectivity index (χ1v) is 5.38. The molecule has 84 valence electrons. The molecule has 3 heteroatoms. The Labute approximate surface area is 91.8 Å². The van der Waals surface area contributed by atoms with Gasteiger partial charge in [-0.25, -0.2) is 0 Å². The topological polar surface area (TPSA) is 36.4 Å². The van der Waals surface area contributed by atoms with Crippen LogP contribution in [0.5, 0.6) is 0 Å². The maximum Gasteiger partial charge on any atom is 0.0543 e. The third-order valence-corrected chi connectivity index (χ3v) is 2.57. The van der Waals surface area contributed by atoms with Crippen molar-refractivity contribution >= 4 is 0 Å². The highest BCUT2D eigenvalue weighted by Crippen LogP contribution is 2.08. The highest BCUT2D eigenvalue weighted by Gasteiger charge is 2.12. The molecule has 0 aliphatic carbocycles. The zero-order valence-corrected chi connectivity index (χ0v) is 9.72. The second kappa shape index (κ2) is 5.83. The Morgan fingerprint density at radius 2 is 2.13 bits per heavy atom. The van der Waals surface area contributed by atoms with Crippen LogP contribution in [0.25, 0.3) is 0 Å². The highest BCUT2D eigenvalue weighted by molar-refractivity contribution is 5.03. The molecule has 0 spiro atoms. The Bertz CT molecular complexity index is 274. The van der Waals surface area contributed by atoms with Gasteiger partial charge >= 0.3 is 0 Å². The van der Waals surface area contributed by atoms with E-state index in [1.54, 1.807) is 0 Å². The van der Waals surface area contributed by atoms with E-state index < -0.39 is 0 Å². The summed E-state index contributed by atoms with van der Waals surface area (Å²) in [5.74, 6) is 0. The van der Waals surface area contributed by atoms with E-state index in [0.717, 1.165) is 18.7 Å². The van der Waals surface area contributed by atoms with Crippen LogP contribution in [0, 0.1) is 0 Å². The number of hydrogen-bond acceptors (Lipinski definition) is 3. The first-order valence-electron chi connectivity index (χ1n) is 5.38.